The standard InChI is InChI=1S/C8H10ClNOS.ClH/c1-8(10-4-5-11-8)6-2-3-7(9)12-6;/h2-3,10H,4-5H2,1H3;1H. The largest absolute Gasteiger partial charge is 0.354 e. The minimum absolute atomic E-state index is 0. The van der Waals surface area contributed by atoms with Gasteiger partial charge in [0.25, 0.3) is 0 Å². The molecule has 2 nitrogen and oxygen atoms in total. The number of thiophene rings is 1. The minimum atomic E-state index is -0.308. The summed E-state index contributed by atoms with van der Waals surface area (Å²) in [5, 5.41) is 3.29. The molecule has 2 rings (SSSR count). The third kappa shape index (κ3) is 2.17. The van der Waals surface area contributed by atoms with Crippen LogP contribution in [0.4, 0.5) is 0 Å². The highest BCUT2D eigenvalue weighted by molar-refractivity contribution is 7.16. The van der Waals surface area contributed by atoms with Gasteiger partial charge in [0, 0.05) is 6.54 Å². The molecule has 1 aliphatic heterocycles. The second kappa shape index (κ2) is 4.15. The Bertz CT molecular complexity index is 283. The molecule has 0 radical (unpaired) electrons. The average Bonchev–Trinajstić information content (AvgIpc) is 2.59. The smallest absolute Gasteiger partial charge is 0.151 e. The molecule has 0 bridgehead atoms. The molecular weight excluding hydrogens is 229 g/mol. The summed E-state index contributed by atoms with van der Waals surface area (Å²) in [7, 11) is 0. The Hall–Kier alpha value is 0.200. The highest BCUT2D eigenvalue weighted by atomic mass is 35.5. The van der Waals surface area contributed by atoms with Crippen LogP contribution in [0, 0.1) is 0 Å². The van der Waals surface area contributed by atoms with Crippen LogP contribution in [0.15, 0.2) is 12.1 Å². The van der Waals surface area contributed by atoms with Gasteiger partial charge in [-0.05, 0) is 19.1 Å². The first-order valence-electron chi connectivity index (χ1n) is 3.85. The maximum absolute atomic E-state index is 5.84. The average molecular weight is 240 g/mol. The van der Waals surface area contributed by atoms with E-state index in [0.29, 0.717) is 0 Å². The Kier molecular flexibility index (Phi) is 3.60. The van der Waals surface area contributed by atoms with Crippen molar-refractivity contribution in [2.75, 3.05) is 13.2 Å². The Labute approximate surface area is 92.6 Å². The van der Waals surface area contributed by atoms with Gasteiger partial charge in [-0.3, -0.25) is 5.32 Å². The van der Waals surface area contributed by atoms with E-state index in [-0.39, 0.29) is 18.1 Å². The zero-order valence-corrected chi connectivity index (χ0v) is 9.56. The van der Waals surface area contributed by atoms with Crippen molar-refractivity contribution in [1.82, 2.24) is 5.32 Å². The van der Waals surface area contributed by atoms with Crippen LogP contribution in [0.2, 0.25) is 4.34 Å². The highest BCUT2D eigenvalue weighted by Gasteiger charge is 2.32. The van der Waals surface area contributed by atoms with Crippen LogP contribution in [0.3, 0.4) is 0 Å². The van der Waals surface area contributed by atoms with Gasteiger partial charge in [0.1, 0.15) is 0 Å². The molecule has 1 atom stereocenters. The quantitative estimate of drug-likeness (QED) is 0.814. The predicted octanol–water partition coefficient (Wildman–Crippen LogP) is 2.62. The van der Waals surface area contributed by atoms with Gasteiger partial charge in [-0.2, -0.15) is 0 Å². The Morgan fingerprint density at radius 1 is 1.62 bits per heavy atom. The molecule has 0 aliphatic carbocycles. The van der Waals surface area contributed by atoms with E-state index in [0.717, 1.165) is 22.4 Å². The van der Waals surface area contributed by atoms with Crippen molar-refractivity contribution in [3.8, 4) is 0 Å². The summed E-state index contributed by atoms with van der Waals surface area (Å²) in [6, 6.07) is 3.90. The minimum Gasteiger partial charge on any atom is -0.354 e. The van der Waals surface area contributed by atoms with Gasteiger partial charge >= 0.3 is 0 Å². The summed E-state index contributed by atoms with van der Waals surface area (Å²) in [5.41, 5.74) is -0.308. The molecule has 5 heteroatoms. The van der Waals surface area contributed by atoms with Crippen molar-refractivity contribution in [3.05, 3.63) is 21.3 Å². The van der Waals surface area contributed by atoms with E-state index in [1.165, 1.54) is 0 Å². The van der Waals surface area contributed by atoms with Crippen molar-refractivity contribution in [2.45, 2.75) is 12.6 Å². The van der Waals surface area contributed by atoms with Gasteiger partial charge in [-0.25, -0.2) is 0 Å². The topological polar surface area (TPSA) is 21.3 Å². The van der Waals surface area contributed by atoms with Gasteiger partial charge in [-0.1, -0.05) is 11.6 Å². The van der Waals surface area contributed by atoms with Crippen LogP contribution in [-0.2, 0) is 10.5 Å². The van der Waals surface area contributed by atoms with Gasteiger partial charge in [-0.15, -0.1) is 23.7 Å². The fourth-order valence-electron chi connectivity index (χ4n) is 1.32. The van der Waals surface area contributed by atoms with E-state index in [1.807, 2.05) is 19.1 Å². The van der Waals surface area contributed by atoms with Gasteiger partial charge in [0.05, 0.1) is 15.8 Å². The zero-order valence-electron chi connectivity index (χ0n) is 7.17. The third-order valence-corrected chi connectivity index (χ3v) is 3.43. The van der Waals surface area contributed by atoms with E-state index in [4.69, 9.17) is 16.3 Å². The molecule has 2 heterocycles. The summed E-state index contributed by atoms with van der Waals surface area (Å²) >= 11 is 7.40. The summed E-state index contributed by atoms with van der Waals surface area (Å²) in [6.07, 6.45) is 0. The SMILES string of the molecule is CC1(c2ccc(Cl)s2)NCCO1.Cl. The van der Waals surface area contributed by atoms with Gasteiger partial charge in [0.15, 0.2) is 5.72 Å². The van der Waals surface area contributed by atoms with Crippen molar-refractivity contribution in [3.63, 3.8) is 0 Å². The summed E-state index contributed by atoms with van der Waals surface area (Å²) in [5.74, 6) is 0. The lowest BCUT2D eigenvalue weighted by Crippen LogP contribution is -2.33. The van der Waals surface area contributed by atoms with E-state index >= 15 is 0 Å². The molecule has 1 N–H and O–H groups in total. The summed E-state index contributed by atoms with van der Waals surface area (Å²) in [4.78, 5) is 1.14. The Balaban J connectivity index is 0.000000845. The number of hydrogen-bond donors (Lipinski definition) is 1. The van der Waals surface area contributed by atoms with E-state index in [9.17, 15) is 0 Å². The van der Waals surface area contributed by atoms with Crippen LogP contribution in [0.1, 0.15) is 11.8 Å². The lowest BCUT2D eigenvalue weighted by atomic mass is 10.2. The van der Waals surface area contributed by atoms with Crippen LogP contribution in [-0.4, -0.2) is 13.2 Å². The molecular formula is C8H11Cl2NOS. The molecule has 0 aromatic carbocycles. The highest BCUT2D eigenvalue weighted by Crippen LogP contribution is 2.33. The molecule has 0 amide bonds. The molecule has 74 valence electrons. The molecule has 1 aliphatic rings. The Morgan fingerprint density at radius 3 is 2.85 bits per heavy atom. The molecule has 1 fully saturated rings. The number of hydrogen-bond acceptors (Lipinski definition) is 3. The van der Waals surface area contributed by atoms with Gasteiger partial charge in [0.2, 0.25) is 0 Å². The lowest BCUT2D eigenvalue weighted by Gasteiger charge is -2.21. The lowest BCUT2D eigenvalue weighted by molar-refractivity contribution is 0.00562. The first-order chi connectivity index (χ1) is 5.71. The third-order valence-electron chi connectivity index (χ3n) is 2.00. The second-order valence-electron chi connectivity index (χ2n) is 2.91. The fraction of sp³-hybridized carbons (Fsp3) is 0.500. The van der Waals surface area contributed by atoms with Crippen molar-refractivity contribution < 1.29 is 4.74 Å². The maximum atomic E-state index is 5.84. The van der Waals surface area contributed by atoms with Crippen LogP contribution in [0.5, 0.6) is 0 Å². The predicted molar refractivity (Wildman–Crippen MR) is 57.9 cm³/mol. The van der Waals surface area contributed by atoms with Gasteiger partial charge < -0.3 is 4.74 Å². The fourth-order valence-corrected chi connectivity index (χ4v) is 2.45. The van der Waals surface area contributed by atoms with Crippen molar-refractivity contribution >= 4 is 35.3 Å². The van der Waals surface area contributed by atoms with Crippen molar-refractivity contribution in [1.29, 1.82) is 0 Å². The first kappa shape index (κ1) is 11.3. The van der Waals surface area contributed by atoms with Crippen molar-refractivity contribution in [2.24, 2.45) is 0 Å². The number of nitrogens with one attached hydrogen (secondary N) is 1. The van der Waals surface area contributed by atoms with E-state index in [2.05, 4.69) is 5.32 Å². The molecule has 1 aromatic heterocycles. The number of halogens is 2. The normalized spacial score (nSPS) is 27.2. The van der Waals surface area contributed by atoms with E-state index < -0.39 is 0 Å². The molecule has 1 aromatic rings. The monoisotopic (exact) mass is 239 g/mol. The summed E-state index contributed by atoms with van der Waals surface area (Å²) in [6.45, 7) is 3.71. The van der Waals surface area contributed by atoms with Crippen LogP contribution in [0.25, 0.3) is 0 Å². The van der Waals surface area contributed by atoms with Crippen LogP contribution < -0.4 is 5.32 Å². The van der Waals surface area contributed by atoms with E-state index in [1.54, 1.807) is 11.3 Å². The molecule has 1 saturated heterocycles. The number of rotatable bonds is 1. The molecule has 1 unspecified atom stereocenters. The zero-order chi connectivity index (χ0) is 8.60. The second-order valence-corrected chi connectivity index (χ2v) is 4.63. The first-order valence-corrected chi connectivity index (χ1v) is 5.05. The summed E-state index contributed by atoms with van der Waals surface area (Å²) < 4.78 is 6.39. The maximum Gasteiger partial charge on any atom is 0.151 e. The molecule has 13 heavy (non-hydrogen) atoms. The molecule has 0 saturated carbocycles. The Morgan fingerprint density at radius 2 is 2.38 bits per heavy atom. The number of ether oxygens (including phenoxy) is 1. The van der Waals surface area contributed by atoms with Crippen LogP contribution >= 0.6 is 35.3 Å². The molecule has 0 spiro atoms.